The van der Waals surface area contributed by atoms with Crippen molar-refractivity contribution in [2.24, 2.45) is 0 Å². The van der Waals surface area contributed by atoms with E-state index in [1.165, 1.54) is 0 Å². The van der Waals surface area contributed by atoms with Crippen molar-refractivity contribution in [1.82, 2.24) is 5.32 Å². The molecule has 0 saturated carbocycles. The first-order valence-electron chi connectivity index (χ1n) is 8.42. The number of benzene rings is 2. The van der Waals surface area contributed by atoms with E-state index in [9.17, 15) is 4.79 Å². The maximum absolute atomic E-state index is 12.1. The summed E-state index contributed by atoms with van der Waals surface area (Å²) in [4.78, 5) is 12.1. The molecule has 0 aromatic heterocycles. The van der Waals surface area contributed by atoms with Gasteiger partial charge in [0.2, 0.25) is 0 Å². The van der Waals surface area contributed by atoms with Crippen LogP contribution in [0.25, 0.3) is 0 Å². The Kier molecular flexibility index (Phi) is 7.14. The lowest BCUT2D eigenvalue weighted by molar-refractivity contribution is -0.123. The molecule has 0 bridgehead atoms. The topological polar surface area (TPSA) is 56.8 Å². The second kappa shape index (κ2) is 9.57. The average molecular weight is 343 g/mol. The van der Waals surface area contributed by atoms with Crippen LogP contribution in [0, 0.1) is 0 Å². The van der Waals surface area contributed by atoms with E-state index in [2.05, 4.69) is 12.2 Å². The minimum Gasteiger partial charge on any atom is -0.493 e. The summed E-state index contributed by atoms with van der Waals surface area (Å²) in [6.45, 7) is 4.58. The Morgan fingerprint density at radius 3 is 2.52 bits per heavy atom. The van der Waals surface area contributed by atoms with Crippen LogP contribution in [0.4, 0.5) is 0 Å². The zero-order chi connectivity index (χ0) is 18.1. The molecule has 1 atom stereocenters. The quantitative estimate of drug-likeness (QED) is 0.753. The first-order chi connectivity index (χ1) is 12.1. The van der Waals surface area contributed by atoms with Gasteiger partial charge in [0.15, 0.2) is 18.1 Å². The third-order valence-corrected chi connectivity index (χ3v) is 3.64. The van der Waals surface area contributed by atoms with Gasteiger partial charge in [-0.3, -0.25) is 4.79 Å². The molecule has 0 aliphatic rings. The highest BCUT2D eigenvalue weighted by Crippen LogP contribution is 2.30. The van der Waals surface area contributed by atoms with Crippen LogP contribution < -0.4 is 19.5 Å². The van der Waals surface area contributed by atoms with Crippen molar-refractivity contribution in [3.63, 3.8) is 0 Å². The molecule has 0 radical (unpaired) electrons. The molecule has 5 heteroatoms. The van der Waals surface area contributed by atoms with Gasteiger partial charge in [-0.25, -0.2) is 0 Å². The van der Waals surface area contributed by atoms with E-state index >= 15 is 0 Å². The number of hydrogen-bond donors (Lipinski definition) is 1. The number of nitrogens with one attached hydrogen (secondary N) is 1. The van der Waals surface area contributed by atoms with Crippen LogP contribution in [0.1, 0.15) is 31.9 Å². The molecule has 0 saturated heterocycles. The first kappa shape index (κ1) is 18.6. The zero-order valence-corrected chi connectivity index (χ0v) is 15.0. The molecule has 1 N–H and O–H groups in total. The van der Waals surface area contributed by atoms with Crippen LogP contribution >= 0.6 is 0 Å². The molecule has 0 heterocycles. The van der Waals surface area contributed by atoms with Gasteiger partial charge in [0.25, 0.3) is 5.91 Å². The smallest absolute Gasteiger partial charge is 0.258 e. The van der Waals surface area contributed by atoms with Gasteiger partial charge < -0.3 is 19.5 Å². The van der Waals surface area contributed by atoms with Crippen molar-refractivity contribution in [2.75, 3.05) is 20.3 Å². The van der Waals surface area contributed by atoms with Gasteiger partial charge in [-0.2, -0.15) is 0 Å². The van der Waals surface area contributed by atoms with Crippen molar-refractivity contribution in [1.29, 1.82) is 0 Å². The molecule has 2 rings (SSSR count). The molecule has 0 aliphatic heterocycles. The molecular formula is C20H25NO4. The molecule has 134 valence electrons. The Morgan fingerprint density at radius 1 is 1.08 bits per heavy atom. The van der Waals surface area contributed by atoms with Crippen molar-refractivity contribution in [2.45, 2.75) is 26.3 Å². The number of para-hydroxylation sites is 1. The van der Waals surface area contributed by atoms with Crippen LogP contribution in [-0.4, -0.2) is 26.2 Å². The molecular weight excluding hydrogens is 318 g/mol. The largest absolute Gasteiger partial charge is 0.493 e. The zero-order valence-electron chi connectivity index (χ0n) is 15.0. The SMILES string of the molecule is CCCOc1ccc([C@H](C)NC(=O)COc2ccccc2)cc1OC. The monoisotopic (exact) mass is 343 g/mol. The van der Waals surface area contributed by atoms with E-state index in [0.717, 1.165) is 12.0 Å². The fraction of sp³-hybridized carbons (Fsp3) is 0.350. The fourth-order valence-electron chi connectivity index (χ4n) is 2.32. The Morgan fingerprint density at radius 2 is 1.84 bits per heavy atom. The number of carbonyl (C=O) groups excluding carboxylic acids is 1. The molecule has 0 unspecified atom stereocenters. The van der Waals surface area contributed by atoms with E-state index in [1.807, 2.05) is 55.5 Å². The molecule has 25 heavy (non-hydrogen) atoms. The minimum absolute atomic E-state index is 0.0246. The van der Waals surface area contributed by atoms with Crippen LogP contribution in [0.3, 0.4) is 0 Å². The number of hydrogen-bond acceptors (Lipinski definition) is 4. The Labute approximate surface area is 148 Å². The lowest BCUT2D eigenvalue weighted by atomic mass is 10.1. The normalized spacial score (nSPS) is 11.5. The summed E-state index contributed by atoms with van der Waals surface area (Å²) in [5.74, 6) is 1.86. The van der Waals surface area contributed by atoms with Crippen molar-refractivity contribution in [3.8, 4) is 17.2 Å². The predicted molar refractivity (Wildman–Crippen MR) is 97.3 cm³/mol. The summed E-state index contributed by atoms with van der Waals surface area (Å²) in [6.07, 6.45) is 0.929. The highest BCUT2D eigenvalue weighted by Gasteiger charge is 2.13. The Hall–Kier alpha value is -2.69. The summed E-state index contributed by atoms with van der Waals surface area (Å²) < 4.78 is 16.5. The third kappa shape index (κ3) is 5.71. The summed E-state index contributed by atoms with van der Waals surface area (Å²) in [5, 5.41) is 2.92. The van der Waals surface area contributed by atoms with Gasteiger partial charge in [-0.05, 0) is 43.2 Å². The molecule has 2 aromatic rings. The second-order valence-electron chi connectivity index (χ2n) is 5.65. The highest BCUT2D eigenvalue weighted by molar-refractivity contribution is 5.78. The summed E-state index contributed by atoms with van der Waals surface area (Å²) in [7, 11) is 1.61. The highest BCUT2D eigenvalue weighted by atomic mass is 16.5. The summed E-state index contributed by atoms with van der Waals surface area (Å²) in [6, 6.07) is 14.8. The third-order valence-electron chi connectivity index (χ3n) is 3.64. The molecule has 1 amide bonds. The van der Waals surface area contributed by atoms with Gasteiger partial charge >= 0.3 is 0 Å². The van der Waals surface area contributed by atoms with Gasteiger partial charge in [0, 0.05) is 0 Å². The molecule has 5 nitrogen and oxygen atoms in total. The number of amides is 1. The van der Waals surface area contributed by atoms with Crippen LogP contribution in [-0.2, 0) is 4.79 Å². The van der Waals surface area contributed by atoms with Crippen LogP contribution in [0.15, 0.2) is 48.5 Å². The Bertz CT molecular complexity index is 673. The van der Waals surface area contributed by atoms with E-state index in [-0.39, 0.29) is 18.6 Å². The lowest BCUT2D eigenvalue weighted by Crippen LogP contribution is -2.31. The minimum atomic E-state index is -0.179. The van der Waals surface area contributed by atoms with Gasteiger partial charge in [0.1, 0.15) is 5.75 Å². The standard InChI is InChI=1S/C20H25NO4/c1-4-12-24-18-11-10-16(13-19(18)23-3)15(2)21-20(22)14-25-17-8-6-5-7-9-17/h5-11,13,15H,4,12,14H2,1-3H3,(H,21,22)/t15-/m0/s1. The maximum atomic E-state index is 12.1. The first-order valence-corrected chi connectivity index (χ1v) is 8.42. The predicted octanol–water partition coefficient (Wildman–Crippen LogP) is 3.74. The van der Waals surface area contributed by atoms with E-state index in [0.29, 0.717) is 23.9 Å². The van der Waals surface area contributed by atoms with E-state index in [1.54, 1.807) is 7.11 Å². The average Bonchev–Trinajstić information content (AvgIpc) is 2.65. The summed E-state index contributed by atoms with van der Waals surface area (Å²) in [5.41, 5.74) is 0.939. The van der Waals surface area contributed by atoms with E-state index in [4.69, 9.17) is 14.2 Å². The number of ether oxygens (including phenoxy) is 3. The Balaban J connectivity index is 1.92. The van der Waals surface area contributed by atoms with Gasteiger partial charge in [-0.1, -0.05) is 31.2 Å². The number of rotatable bonds is 9. The molecule has 0 fully saturated rings. The van der Waals surface area contributed by atoms with Crippen molar-refractivity contribution in [3.05, 3.63) is 54.1 Å². The van der Waals surface area contributed by atoms with Gasteiger partial charge in [-0.15, -0.1) is 0 Å². The second-order valence-corrected chi connectivity index (χ2v) is 5.65. The molecule has 0 spiro atoms. The fourth-order valence-corrected chi connectivity index (χ4v) is 2.32. The van der Waals surface area contributed by atoms with E-state index < -0.39 is 0 Å². The summed E-state index contributed by atoms with van der Waals surface area (Å²) >= 11 is 0. The molecule has 0 aliphatic carbocycles. The van der Waals surface area contributed by atoms with Crippen LogP contribution in [0.5, 0.6) is 17.2 Å². The number of methoxy groups -OCH3 is 1. The van der Waals surface area contributed by atoms with Crippen LogP contribution in [0.2, 0.25) is 0 Å². The van der Waals surface area contributed by atoms with Crippen molar-refractivity contribution < 1.29 is 19.0 Å². The molecule has 2 aromatic carbocycles. The van der Waals surface area contributed by atoms with Gasteiger partial charge in [0.05, 0.1) is 19.8 Å². The van der Waals surface area contributed by atoms with Crippen molar-refractivity contribution >= 4 is 5.91 Å². The maximum Gasteiger partial charge on any atom is 0.258 e. The lowest BCUT2D eigenvalue weighted by Gasteiger charge is -2.17. The number of carbonyl (C=O) groups is 1.